The van der Waals surface area contributed by atoms with E-state index in [1.807, 2.05) is 30.3 Å². The number of carbonyl (C=O) groups excluding carboxylic acids is 1. The van der Waals surface area contributed by atoms with Crippen LogP contribution in [0.15, 0.2) is 82.5 Å². The van der Waals surface area contributed by atoms with Gasteiger partial charge in [0.25, 0.3) is 5.56 Å². The average molecular weight is 633 g/mol. The molecule has 4 rings (SSSR count). The van der Waals surface area contributed by atoms with E-state index in [0.717, 1.165) is 14.7 Å². The number of methoxy groups -OCH3 is 1. The Balaban J connectivity index is 1.58. The highest BCUT2D eigenvalue weighted by atomic mass is 31.2. The lowest BCUT2D eigenvalue weighted by atomic mass is 10.2. The summed E-state index contributed by atoms with van der Waals surface area (Å²) in [6.45, 7) is 3.47. The van der Waals surface area contributed by atoms with E-state index in [1.165, 1.54) is 19.4 Å². The van der Waals surface area contributed by atoms with E-state index < -0.39 is 49.5 Å². The van der Waals surface area contributed by atoms with Crippen LogP contribution in [-0.4, -0.2) is 66.7 Å². The largest absolute Gasteiger partial charge is 0.450 e. The van der Waals surface area contributed by atoms with Crippen LogP contribution in [0, 0.1) is 0 Å². The number of rotatable bonds is 16. The minimum absolute atomic E-state index is 0.0974. The van der Waals surface area contributed by atoms with Crippen LogP contribution in [-0.2, 0) is 50.6 Å². The van der Waals surface area contributed by atoms with Crippen molar-refractivity contribution in [2.75, 3.05) is 33.1 Å². The predicted octanol–water partition coefficient (Wildman–Crippen LogP) is 3.56. The molecule has 44 heavy (non-hydrogen) atoms. The van der Waals surface area contributed by atoms with Crippen LogP contribution in [0.25, 0.3) is 0 Å². The van der Waals surface area contributed by atoms with E-state index in [2.05, 4.69) is 0 Å². The zero-order chi connectivity index (χ0) is 31.5. The van der Waals surface area contributed by atoms with Gasteiger partial charge < -0.3 is 32.7 Å². The van der Waals surface area contributed by atoms with Gasteiger partial charge in [-0.2, -0.15) is 0 Å². The summed E-state index contributed by atoms with van der Waals surface area (Å²) >= 11 is 0. The number of hydrogen-bond donors (Lipinski definition) is 0. The molecule has 0 aliphatic carbocycles. The Bertz CT molecular complexity index is 1500. The first kappa shape index (κ1) is 33.5. The zero-order valence-corrected chi connectivity index (χ0v) is 25.7. The van der Waals surface area contributed by atoms with E-state index in [9.17, 15) is 18.9 Å². The van der Waals surface area contributed by atoms with Gasteiger partial charge in [0.05, 0.1) is 38.2 Å². The van der Waals surface area contributed by atoms with Gasteiger partial charge >= 0.3 is 19.3 Å². The summed E-state index contributed by atoms with van der Waals surface area (Å²) < 4.78 is 54.8. The van der Waals surface area contributed by atoms with Crippen molar-refractivity contribution in [2.24, 2.45) is 0 Å². The van der Waals surface area contributed by atoms with Crippen molar-refractivity contribution in [3.8, 4) is 0 Å². The predicted molar refractivity (Wildman–Crippen MR) is 158 cm³/mol. The van der Waals surface area contributed by atoms with Gasteiger partial charge in [0.15, 0.2) is 18.6 Å². The smallest absolute Gasteiger partial charge is 0.338 e. The quantitative estimate of drug-likeness (QED) is 0.169. The molecule has 2 heterocycles. The molecule has 3 aromatic rings. The molecule has 0 spiro atoms. The van der Waals surface area contributed by atoms with E-state index in [4.69, 9.17) is 32.7 Å². The average Bonchev–Trinajstić information content (AvgIpc) is 3.36. The molecule has 0 saturated carbocycles. The molecule has 1 fully saturated rings. The molecule has 1 aromatic heterocycles. The summed E-state index contributed by atoms with van der Waals surface area (Å²) in [6, 6.07) is 18.8. The third-order valence-electron chi connectivity index (χ3n) is 6.67. The summed E-state index contributed by atoms with van der Waals surface area (Å²) in [5.41, 5.74) is -0.156. The molecule has 0 bridgehead atoms. The second-order valence-electron chi connectivity index (χ2n) is 9.61. The molecule has 0 N–H and O–H groups in total. The van der Waals surface area contributed by atoms with Gasteiger partial charge in [0.1, 0.15) is 12.8 Å². The van der Waals surface area contributed by atoms with Gasteiger partial charge in [0, 0.05) is 19.4 Å². The third kappa shape index (κ3) is 8.39. The first-order valence-electron chi connectivity index (χ1n) is 14.2. The highest BCUT2D eigenvalue weighted by Gasteiger charge is 2.50. The third-order valence-corrected chi connectivity index (χ3v) is 8.71. The Hall–Kier alpha value is -3.42. The van der Waals surface area contributed by atoms with E-state index in [-0.39, 0.29) is 44.9 Å². The molecule has 1 aliphatic heterocycles. The molecule has 0 amide bonds. The van der Waals surface area contributed by atoms with Gasteiger partial charge in [-0.15, -0.1) is 0 Å². The SMILES string of the molecule is CCOP(=O)(CCO[C@H]1O[C@@H](n2ccc(=O)n(COCc3ccccc3)c2=O)C(OC)C1OC(=O)c1ccccc1)OCC. The van der Waals surface area contributed by atoms with Crippen LogP contribution >= 0.6 is 7.60 Å². The summed E-state index contributed by atoms with van der Waals surface area (Å²) in [6.07, 6.45) is -3.43. The summed E-state index contributed by atoms with van der Waals surface area (Å²) in [7, 11) is -2.08. The molecular weight excluding hydrogens is 595 g/mol. The van der Waals surface area contributed by atoms with Gasteiger partial charge in [0.2, 0.25) is 0 Å². The van der Waals surface area contributed by atoms with Crippen LogP contribution in [0.5, 0.6) is 0 Å². The van der Waals surface area contributed by atoms with Crippen molar-refractivity contribution >= 4 is 13.6 Å². The fourth-order valence-electron chi connectivity index (χ4n) is 4.62. The van der Waals surface area contributed by atoms with Gasteiger partial charge in [-0.25, -0.2) is 14.2 Å². The van der Waals surface area contributed by atoms with Crippen LogP contribution in [0.2, 0.25) is 0 Å². The van der Waals surface area contributed by atoms with Crippen molar-refractivity contribution in [3.63, 3.8) is 0 Å². The maximum atomic E-state index is 13.5. The van der Waals surface area contributed by atoms with Crippen molar-refractivity contribution in [1.82, 2.24) is 9.13 Å². The Labute approximate surface area is 254 Å². The Kier molecular flexibility index (Phi) is 12.2. The lowest BCUT2D eigenvalue weighted by Gasteiger charge is -2.24. The Morgan fingerprint density at radius 3 is 2.23 bits per heavy atom. The number of esters is 1. The van der Waals surface area contributed by atoms with Gasteiger partial charge in [-0.05, 0) is 31.5 Å². The fourth-order valence-corrected chi connectivity index (χ4v) is 6.07. The number of hydrogen-bond acceptors (Lipinski definition) is 11. The monoisotopic (exact) mass is 632 g/mol. The van der Waals surface area contributed by atoms with Crippen LogP contribution < -0.4 is 11.2 Å². The molecule has 1 saturated heterocycles. The minimum Gasteiger partial charge on any atom is -0.450 e. The molecule has 14 heteroatoms. The normalized spacial score (nSPS) is 20.1. The summed E-state index contributed by atoms with van der Waals surface area (Å²) in [4.78, 5) is 39.2. The minimum atomic E-state index is -3.45. The van der Waals surface area contributed by atoms with Gasteiger partial charge in [-0.1, -0.05) is 48.5 Å². The highest BCUT2D eigenvalue weighted by Crippen LogP contribution is 2.47. The first-order valence-corrected chi connectivity index (χ1v) is 15.9. The molecule has 4 atom stereocenters. The standard InChI is InChI=1S/C30H37N2O11P/c1-4-40-44(36,41-5-2)19-18-39-29-26(42-28(34)23-14-10-7-11-15-23)25(37-3)27(43-29)31-17-16-24(33)32(30(31)35)21-38-20-22-12-8-6-9-13-22/h6-17,25-27,29H,4-5,18-21H2,1-3H3/t25?,26?,27-,29+/m1/s1. The maximum absolute atomic E-state index is 13.5. The van der Waals surface area contributed by atoms with Crippen LogP contribution in [0.3, 0.4) is 0 Å². The maximum Gasteiger partial charge on any atom is 0.338 e. The molecule has 13 nitrogen and oxygen atoms in total. The van der Waals surface area contributed by atoms with Crippen molar-refractivity contribution < 1.29 is 42.1 Å². The number of carbonyl (C=O) groups is 1. The summed E-state index contributed by atoms with van der Waals surface area (Å²) in [5, 5.41) is 0. The Morgan fingerprint density at radius 2 is 1.59 bits per heavy atom. The van der Waals surface area contributed by atoms with Crippen LogP contribution in [0.4, 0.5) is 0 Å². The molecule has 0 radical (unpaired) electrons. The van der Waals surface area contributed by atoms with E-state index >= 15 is 0 Å². The highest BCUT2D eigenvalue weighted by molar-refractivity contribution is 7.53. The van der Waals surface area contributed by atoms with Crippen molar-refractivity contribution in [3.05, 3.63) is 105 Å². The van der Waals surface area contributed by atoms with E-state index in [0.29, 0.717) is 0 Å². The lowest BCUT2D eigenvalue weighted by molar-refractivity contribution is -0.175. The zero-order valence-electron chi connectivity index (χ0n) is 24.8. The number of aromatic nitrogens is 2. The Morgan fingerprint density at radius 1 is 0.932 bits per heavy atom. The summed E-state index contributed by atoms with van der Waals surface area (Å²) in [5.74, 6) is -0.670. The number of ether oxygens (including phenoxy) is 5. The lowest BCUT2D eigenvalue weighted by Crippen LogP contribution is -2.44. The molecule has 2 aromatic carbocycles. The molecule has 1 aliphatic rings. The fraction of sp³-hybridized carbons (Fsp3) is 0.433. The second-order valence-corrected chi connectivity index (χ2v) is 11.8. The first-order chi connectivity index (χ1) is 21.3. The van der Waals surface area contributed by atoms with E-state index in [1.54, 1.807) is 44.2 Å². The number of benzene rings is 2. The number of nitrogens with zero attached hydrogens (tertiary/aromatic N) is 2. The van der Waals surface area contributed by atoms with Crippen molar-refractivity contribution in [2.45, 2.75) is 51.9 Å². The van der Waals surface area contributed by atoms with Crippen molar-refractivity contribution in [1.29, 1.82) is 0 Å². The van der Waals surface area contributed by atoms with Gasteiger partial charge in [-0.3, -0.25) is 13.9 Å². The molecule has 2 unspecified atom stereocenters. The topological polar surface area (TPSA) is 143 Å². The second kappa shape index (κ2) is 16.1. The molecule has 238 valence electrons. The molecular formula is C30H37N2O11P. The van der Waals surface area contributed by atoms with Crippen LogP contribution in [0.1, 0.15) is 36.0 Å².